The van der Waals surface area contributed by atoms with Crippen LogP contribution in [0.15, 0.2) is 188 Å². The summed E-state index contributed by atoms with van der Waals surface area (Å²) >= 11 is 0. The van der Waals surface area contributed by atoms with Gasteiger partial charge in [-0.2, -0.15) is 10.5 Å². The van der Waals surface area contributed by atoms with E-state index in [1.165, 1.54) is 44.5 Å². The molecule has 0 spiro atoms. The minimum absolute atomic E-state index is 0.170. The van der Waals surface area contributed by atoms with Crippen LogP contribution in [0.1, 0.15) is 61.1 Å². The molecule has 0 saturated heterocycles. The number of benzene rings is 9. The highest BCUT2D eigenvalue weighted by Gasteiger charge is 2.39. The largest absolute Gasteiger partial charge is 0.319 e. The summed E-state index contributed by atoms with van der Waals surface area (Å²) in [6.45, 7) is 17.9. The van der Waals surface area contributed by atoms with Crippen LogP contribution in [0.5, 0.6) is 0 Å². The zero-order valence-corrected chi connectivity index (χ0v) is 41.0. The average Bonchev–Trinajstić information content (AvgIpc) is 4.13. The molecule has 0 N–H and O–H groups in total. The van der Waals surface area contributed by atoms with Crippen molar-refractivity contribution in [2.75, 3.05) is 0 Å². The number of rotatable bonds is 5. The molecule has 0 unspecified atom stereocenters. The van der Waals surface area contributed by atoms with Crippen molar-refractivity contribution in [1.82, 2.24) is 19.1 Å². The van der Waals surface area contributed by atoms with Gasteiger partial charge in [0, 0.05) is 43.5 Å². The lowest BCUT2D eigenvalue weighted by molar-refractivity contribution is 0.660. The Kier molecular flexibility index (Phi) is 9.04. The molecular weight excluding hydrogens is 903 g/mol. The second-order valence-corrected chi connectivity index (χ2v) is 20.6. The highest BCUT2D eigenvalue weighted by atomic mass is 15.0. The Morgan fingerprint density at radius 1 is 0.459 bits per heavy atom. The van der Waals surface area contributed by atoms with Gasteiger partial charge < -0.3 is 9.13 Å². The van der Waals surface area contributed by atoms with E-state index in [2.05, 4.69) is 163 Å². The Morgan fingerprint density at radius 2 is 0.946 bits per heavy atom. The van der Waals surface area contributed by atoms with Gasteiger partial charge in [0.25, 0.3) is 0 Å². The first-order valence-corrected chi connectivity index (χ1v) is 24.9. The molecule has 3 heterocycles. The molecule has 0 aliphatic heterocycles. The van der Waals surface area contributed by atoms with Crippen molar-refractivity contribution < 1.29 is 0 Å². The van der Waals surface area contributed by atoms with Crippen molar-refractivity contribution in [3.63, 3.8) is 0 Å². The van der Waals surface area contributed by atoms with Crippen molar-refractivity contribution in [1.29, 1.82) is 10.5 Å². The molecule has 74 heavy (non-hydrogen) atoms. The second kappa shape index (κ2) is 15.6. The monoisotopic (exact) mass is 945 g/mol. The number of para-hydroxylation sites is 2. The molecule has 7 nitrogen and oxygen atoms in total. The highest BCUT2D eigenvalue weighted by molar-refractivity contribution is 6.19. The number of hydrogen-bond donors (Lipinski definition) is 0. The third-order valence-electron chi connectivity index (χ3n) is 16.1. The van der Waals surface area contributed by atoms with Crippen LogP contribution in [0.3, 0.4) is 0 Å². The number of hydrogen-bond acceptors (Lipinski definition) is 4. The van der Waals surface area contributed by atoms with E-state index in [-0.39, 0.29) is 16.4 Å². The van der Waals surface area contributed by atoms with E-state index in [1.54, 1.807) is 0 Å². The van der Waals surface area contributed by atoms with Crippen LogP contribution in [0.2, 0.25) is 0 Å². The van der Waals surface area contributed by atoms with Gasteiger partial charge in [-0.25, -0.2) is 14.8 Å². The van der Waals surface area contributed by atoms with Crippen molar-refractivity contribution in [3.05, 3.63) is 233 Å². The summed E-state index contributed by atoms with van der Waals surface area (Å²) in [4.78, 5) is 14.4. The Hall–Kier alpha value is -9.87. The fourth-order valence-electron chi connectivity index (χ4n) is 12.6. The average molecular weight is 946 g/mol. The van der Waals surface area contributed by atoms with Crippen LogP contribution in [0.25, 0.3) is 116 Å². The molecule has 3 aromatic heterocycles. The van der Waals surface area contributed by atoms with Crippen LogP contribution in [0, 0.1) is 29.2 Å². The summed E-state index contributed by atoms with van der Waals surface area (Å²) in [7, 11) is 0. The molecule has 0 radical (unpaired) electrons. The van der Waals surface area contributed by atoms with E-state index in [0.717, 1.165) is 60.5 Å². The first-order chi connectivity index (χ1) is 36.1. The number of nitriles is 2. The fourth-order valence-corrected chi connectivity index (χ4v) is 12.6. The zero-order valence-electron chi connectivity index (χ0n) is 41.0. The normalized spacial score (nSPS) is 13.6. The lowest BCUT2D eigenvalue weighted by Crippen LogP contribution is -2.14. The van der Waals surface area contributed by atoms with Crippen LogP contribution >= 0.6 is 0 Å². The quantitative estimate of drug-likeness (QED) is 0.161. The Labute approximate surface area is 427 Å². The maximum absolute atomic E-state index is 11.2. The summed E-state index contributed by atoms with van der Waals surface area (Å²) in [5.41, 5.74) is 19.1. The third-order valence-corrected chi connectivity index (χ3v) is 16.1. The lowest BCUT2D eigenvalue weighted by Gasteiger charge is -2.21. The minimum atomic E-state index is -0.173. The van der Waals surface area contributed by atoms with Gasteiger partial charge in [-0.15, -0.1) is 0 Å². The Morgan fingerprint density at radius 3 is 1.49 bits per heavy atom. The smallest absolute Gasteiger partial charge is 0.211 e. The maximum atomic E-state index is 11.2. The van der Waals surface area contributed by atoms with Crippen molar-refractivity contribution >= 4 is 49.3 Å². The topological polar surface area (TPSA) is 87.6 Å². The number of fused-ring (bicyclic) bond motifs is 14. The number of aromatic nitrogens is 4. The van der Waals surface area contributed by atoms with Gasteiger partial charge in [0.2, 0.25) is 5.69 Å². The molecular formula is C67H43N7. The molecule has 0 saturated carbocycles. The van der Waals surface area contributed by atoms with Gasteiger partial charge in [0.05, 0.1) is 57.0 Å². The van der Waals surface area contributed by atoms with E-state index in [9.17, 15) is 10.5 Å². The van der Waals surface area contributed by atoms with Crippen LogP contribution in [-0.4, -0.2) is 19.1 Å². The first kappa shape index (κ1) is 43.0. The van der Waals surface area contributed by atoms with Gasteiger partial charge in [-0.3, -0.25) is 0 Å². The molecule has 7 heteroatoms. The second-order valence-electron chi connectivity index (χ2n) is 20.6. The third kappa shape index (κ3) is 5.80. The zero-order chi connectivity index (χ0) is 50.2. The summed E-state index contributed by atoms with van der Waals surface area (Å²) in [5, 5.41) is 26.9. The summed E-state index contributed by atoms with van der Waals surface area (Å²) in [5.74, 6) is 0.421. The number of nitrogens with zero attached hydrogens (tertiary/aromatic N) is 7. The van der Waals surface area contributed by atoms with Gasteiger partial charge in [0.1, 0.15) is 17.7 Å². The molecule has 0 amide bonds. The van der Waals surface area contributed by atoms with Gasteiger partial charge in [-0.05, 0) is 98.6 Å². The fraction of sp³-hybridized carbons (Fsp3) is 0.0896. The molecule has 0 fully saturated rings. The van der Waals surface area contributed by atoms with Gasteiger partial charge in [-0.1, -0.05) is 167 Å². The van der Waals surface area contributed by atoms with E-state index in [0.29, 0.717) is 39.6 Å². The summed E-state index contributed by atoms with van der Waals surface area (Å²) in [6.07, 6.45) is 0. The highest BCUT2D eigenvalue weighted by Crippen LogP contribution is 2.55. The van der Waals surface area contributed by atoms with E-state index >= 15 is 0 Å². The van der Waals surface area contributed by atoms with Gasteiger partial charge >= 0.3 is 0 Å². The first-order valence-electron chi connectivity index (χ1n) is 24.9. The predicted octanol–water partition coefficient (Wildman–Crippen LogP) is 16.6. The molecule has 14 rings (SSSR count). The van der Waals surface area contributed by atoms with E-state index < -0.39 is 0 Å². The molecule has 0 bridgehead atoms. The molecule has 12 aromatic rings. The molecule has 346 valence electrons. The van der Waals surface area contributed by atoms with Crippen LogP contribution in [0.4, 0.5) is 5.69 Å². The van der Waals surface area contributed by atoms with Crippen molar-refractivity contribution in [2.45, 2.75) is 38.5 Å². The summed E-state index contributed by atoms with van der Waals surface area (Å²) < 4.78 is 4.40. The van der Waals surface area contributed by atoms with Crippen molar-refractivity contribution in [2.24, 2.45) is 0 Å². The predicted molar refractivity (Wildman–Crippen MR) is 298 cm³/mol. The summed E-state index contributed by atoms with van der Waals surface area (Å²) in [6, 6.07) is 69.4. The van der Waals surface area contributed by atoms with Crippen molar-refractivity contribution in [3.8, 4) is 79.7 Å². The van der Waals surface area contributed by atoms with Crippen LogP contribution in [-0.2, 0) is 10.8 Å². The van der Waals surface area contributed by atoms with Gasteiger partial charge in [0.15, 0.2) is 5.82 Å². The SMILES string of the molecule is [C-]#[N+]c1cc(-c2nc(-c3ccccc3)nc(-c3ccc(-n4c5ccccc5c5c6c(ccc54)C(C)(C)c4ccccc4-6)c(C#N)c3)c2C#N)ccc1-n1c2ccccc2c2c3c(ccc21)C(C)(C)c1ccccc1-3. The molecule has 2 aliphatic rings. The molecule has 2 aliphatic carbocycles. The maximum Gasteiger partial charge on any atom is 0.211 e. The Bertz CT molecular complexity index is 4320. The van der Waals surface area contributed by atoms with Crippen LogP contribution < -0.4 is 0 Å². The van der Waals surface area contributed by atoms with E-state index in [1.807, 2.05) is 78.9 Å². The van der Waals surface area contributed by atoms with E-state index in [4.69, 9.17) is 16.5 Å². The minimum Gasteiger partial charge on any atom is -0.319 e. The molecule has 0 atom stereocenters. The lowest BCUT2D eigenvalue weighted by atomic mass is 9.82. The molecule has 9 aromatic carbocycles. The standard InChI is InChI=1S/C67H43N7/c1-66(2)48-23-13-9-19-43(48)59-50(66)29-33-57-61(59)45-21-11-15-25-54(45)73(57)53-31-27-40(35-42(53)37-68)63-47(38-69)64(72-65(71-63)39-17-7-6-8-18-39)41-28-32-56(52(36-41)70-5)74-55-26-16-12-22-46(55)62-58(74)34-30-51-60(62)44-20-10-14-24-49(44)67(51,3)4/h6-36H,1-4H3. The Balaban J connectivity index is 0.946.